The number of hydrogen-bond acceptors (Lipinski definition) is 3. The van der Waals surface area contributed by atoms with Crippen LogP contribution in [0.2, 0.25) is 0 Å². The number of fused-ring (bicyclic) bond motifs is 7. The highest BCUT2D eigenvalue weighted by Crippen LogP contribution is 2.67. The molecule has 4 heterocycles. The number of para-hydroxylation sites is 1. The van der Waals surface area contributed by atoms with Crippen molar-refractivity contribution in [3.63, 3.8) is 0 Å². The summed E-state index contributed by atoms with van der Waals surface area (Å²) in [6, 6.07) is 7.08. The van der Waals surface area contributed by atoms with E-state index in [1.807, 2.05) is 0 Å². The second-order valence-corrected chi connectivity index (χ2v) is 10.1. The minimum Gasteiger partial charge on any atom is -0.351 e. The van der Waals surface area contributed by atoms with Crippen molar-refractivity contribution in [3.05, 3.63) is 52.3 Å². The highest BCUT2D eigenvalue weighted by molar-refractivity contribution is 7.15. The number of benzene rings is 1. The molecule has 5 rings (SSSR count). The summed E-state index contributed by atoms with van der Waals surface area (Å²) in [5, 5.41) is 2.15. The quantitative estimate of drug-likeness (QED) is 0.500. The van der Waals surface area contributed by atoms with Gasteiger partial charge < -0.3 is 4.90 Å². The van der Waals surface area contributed by atoms with E-state index >= 15 is 0 Å². The third kappa shape index (κ3) is 1.47. The summed E-state index contributed by atoms with van der Waals surface area (Å²) in [5.74, 6) is 0. The molecule has 2 aromatic heterocycles. The van der Waals surface area contributed by atoms with E-state index in [-0.39, 0.29) is 22.4 Å². The molecule has 0 amide bonds. The van der Waals surface area contributed by atoms with E-state index in [4.69, 9.17) is 4.98 Å². The second kappa shape index (κ2) is 4.53. The largest absolute Gasteiger partial charge is 0.351 e. The van der Waals surface area contributed by atoms with Gasteiger partial charge >= 0.3 is 0 Å². The lowest BCUT2D eigenvalue weighted by Crippen LogP contribution is -2.62. The maximum atomic E-state index is 5.06. The van der Waals surface area contributed by atoms with Crippen molar-refractivity contribution in [2.75, 3.05) is 4.90 Å². The van der Waals surface area contributed by atoms with Crippen molar-refractivity contribution in [2.24, 2.45) is 5.41 Å². The van der Waals surface area contributed by atoms with Crippen LogP contribution in [-0.4, -0.2) is 9.38 Å². The summed E-state index contributed by atoms with van der Waals surface area (Å²) < 4.78 is 2.34. The number of anilines is 1. The third-order valence-corrected chi connectivity index (χ3v) is 8.70. The summed E-state index contributed by atoms with van der Waals surface area (Å²) in [7, 11) is 0. The van der Waals surface area contributed by atoms with Gasteiger partial charge in [-0.25, -0.2) is 4.98 Å². The molecule has 26 heavy (non-hydrogen) atoms. The molecule has 136 valence electrons. The first-order valence-corrected chi connectivity index (χ1v) is 10.4. The number of hydrogen-bond donors (Lipinski definition) is 0. The summed E-state index contributed by atoms with van der Waals surface area (Å²) in [6.07, 6.45) is 2.20. The monoisotopic (exact) mass is 365 g/mol. The van der Waals surface area contributed by atoms with Crippen LogP contribution in [0.5, 0.6) is 0 Å². The third-order valence-electron chi connectivity index (χ3n) is 7.95. The number of nitrogens with zero attached hydrogens (tertiary/aromatic N) is 3. The van der Waals surface area contributed by atoms with Crippen molar-refractivity contribution >= 4 is 22.0 Å². The summed E-state index contributed by atoms with van der Waals surface area (Å²) in [6.45, 7) is 16.7. The number of rotatable bonds is 0. The Morgan fingerprint density at radius 3 is 2.58 bits per heavy atom. The summed E-state index contributed by atoms with van der Waals surface area (Å²) in [4.78, 5) is 8.85. The molecule has 3 nitrogen and oxygen atoms in total. The Hall–Kier alpha value is -1.81. The van der Waals surface area contributed by atoms with Crippen LogP contribution in [0.3, 0.4) is 0 Å². The minimum atomic E-state index is -0.120. The topological polar surface area (TPSA) is 20.5 Å². The van der Waals surface area contributed by atoms with Gasteiger partial charge in [0.25, 0.3) is 0 Å². The molecule has 0 fully saturated rings. The van der Waals surface area contributed by atoms with Gasteiger partial charge in [0.05, 0.1) is 23.0 Å². The van der Waals surface area contributed by atoms with Gasteiger partial charge in [0.2, 0.25) is 0 Å². The lowest BCUT2D eigenvalue weighted by molar-refractivity contribution is 0.0619. The summed E-state index contributed by atoms with van der Waals surface area (Å²) >= 11 is 1.73. The van der Waals surface area contributed by atoms with Crippen molar-refractivity contribution in [1.29, 1.82) is 0 Å². The van der Waals surface area contributed by atoms with E-state index in [1.165, 1.54) is 28.2 Å². The fraction of sp³-hybridized carbons (Fsp3) is 0.500. The smallest absolute Gasteiger partial charge is 0.194 e. The minimum absolute atomic E-state index is 0.0260. The van der Waals surface area contributed by atoms with Gasteiger partial charge in [-0.15, -0.1) is 11.3 Å². The van der Waals surface area contributed by atoms with Crippen molar-refractivity contribution in [2.45, 2.75) is 65.5 Å². The number of thiazole rings is 1. The standard InChI is InChI=1S/C22H27N3S/c1-13-9-8-10-15-17(13)25-14(2)16-18(24-11-12-26-19(24)23-16)22(25,7)21(5,6)20(15,3)4/h8-12,14H,1-7H3/t14-,22?/m0/s1. The summed E-state index contributed by atoms with van der Waals surface area (Å²) in [5.41, 5.74) is 6.82. The van der Waals surface area contributed by atoms with Crippen LogP contribution in [0.4, 0.5) is 5.69 Å². The van der Waals surface area contributed by atoms with Gasteiger partial charge in [0, 0.05) is 22.7 Å². The van der Waals surface area contributed by atoms with Gasteiger partial charge in [-0.1, -0.05) is 45.9 Å². The van der Waals surface area contributed by atoms with Crippen molar-refractivity contribution < 1.29 is 0 Å². The molecule has 3 aromatic rings. The van der Waals surface area contributed by atoms with E-state index in [0.29, 0.717) is 0 Å². The Morgan fingerprint density at radius 1 is 1.12 bits per heavy atom. The van der Waals surface area contributed by atoms with Crippen LogP contribution in [0.1, 0.15) is 70.1 Å². The zero-order valence-electron chi connectivity index (χ0n) is 16.7. The van der Waals surface area contributed by atoms with Crippen LogP contribution in [0.15, 0.2) is 29.8 Å². The van der Waals surface area contributed by atoms with E-state index in [9.17, 15) is 0 Å². The van der Waals surface area contributed by atoms with Gasteiger partial charge in [-0.05, 0) is 37.3 Å². The predicted octanol–water partition coefficient (Wildman–Crippen LogP) is 5.82. The molecule has 0 N–H and O–H groups in total. The average molecular weight is 366 g/mol. The Kier molecular flexibility index (Phi) is 2.85. The first-order chi connectivity index (χ1) is 12.1. The van der Waals surface area contributed by atoms with Crippen LogP contribution in [-0.2, 0) is 11.0 Å². The molecule has 0 saturated heterocycles. The number of aryl methyl sites for hydroxylation is 1. The predicted molar refractivity (Wildman–Crippen MR) is 109 cm³/mol. The Bertz CT molecular complexity index is 1050. The molecule has 2 aliphatic rings. The highest BCUT2D eigenvalue weighted by Gasteiger charge is 2.65. The molecule has 0 saturated carbocycles. The molecular formula is C22H27N3S. The van der Waals surface area contributed by atoms with Crippen LogP contribution >= 0.6 is 11.3 Å². The molecule has 4 heteroatoms. The first kappa shape index (κ1) is 16.4. The Labute approximate surface area is 159 Å². The molecule has 1 aromatic carbocycles. The average Bonchev–Trinajstić information content (AvgIpc) is 3.19. The lowest BCUT2D eigenvalue weighted by atomic mass is 9.52. The van der Waals surface area contributed by atoms with E-state index in [2.05, 4.69) is 87.5 Å². The normalized spacial score (nSPS) is 28.1. The second-order valence-electron chi connectivity index (χ2n) is 9.24. The number of aromatic nitrogens is 2. The maximum absolute atomic E-state index is 5.06. The first-order valence-electron chi connectivity index (χ1n) is 9.49. The van der Waals surface area contributed by atoms with Crippen LogP contribution in [0, 0.1) is 12.3 Å². The van der Waals surface area contributed by atoms with Crippen molar-refractivity contribution in [3.8, 4) is 0 Å². The van der Waals surface area contributed by atoms with Crippen molar-refractivity contribution in [1.82, 2.24) is 9.38 Å². The molecule has 0 aliphatic carbocycles. The fourth-order valence-corrected chi connectivity index (χ4v) is 6.37. The zero-order chi connectivity index (χ0) is 18.6. The van der Waals surface area contributed by atoms with Crippen LogP contribution in [0.25, 0.3) is 4.96 Å². The highest BCUT2D eigenvalue weighted by atomic mass is 32.1. The van der Waals surface area contributed by atoms with Crippen LogP contribution < -0.4 is 4.90 Å². The number of imidazole rings is 1. The molecule has 1 unspecified atom stereocenters. The Balaban J connectivity index is 1.95. The molecule has 0 bridgehead atoms. The van der Waals surface area contributed by atoms with E-state index in [1.54, 1.807) is 11.3 Å². The molecular weight excluding hydrogens is 338 g/mol. The molecule has 2 atom stereocenters. The van der Waals surface area contributed by atoms with Gasteiger partial charge in [0.1, 0.15) is 0 Å². The maximum Gasteiger partial charge on any atom is 0.194 e. The lowest BCUT2D eigenvalue weighted by Gasteiger charge is -2.62. The van der Waals surface area contributed by atoms with Gasteiger partial charge in [0.15, 0.2) is 4.96 Å². The molecule has 2 aliphatic heterocycles. The molecule has 0 radical (unpaired) electrons. The van der Waals surface area contributed by atoms with Gasteiger partial charge in [-0.3, -0.25) is 4.40 Å². The Morgan fingerprint density at radius 2 is 1.85 bits per heavy atom. The zero-order valence-corrected chi connectivity index (χ0v) is 17.5. The van der Waals surface area contributed by atoms with E-state index < -0.39 is 0 Å². The van der Waals surface area contributed by atoms with Gasteiger partial charge in [-0.2, -0.15) is 0 Å². The van der Waals surface area contributed by atoms with E-state index in [0.717, 1.165) is 4.96 Å². The fourth-order valence-electron chi connectivity index (χ4n) is 5.64. The molecule has 0 spiro atoms. The SMILES string of the molecule is Cc1cccc2c1N1[C@@H](C)c3nc4sccn4c3C1(C)C(C)(C)C2(C)C.